The largest absolute Gasteiger partial charge is 0.477 e. The van der Waals surface area contributed by atoms with Crippen molar-refractivity contribution in [3.05, 3.63) is 29.6 Å². The molecule has 0 amide bonds. The fraction of sp³-hybridized carbons (Fsp3) is 0.333. The highest BCUT2D eigenvalue weighted by Crippen LogP contribution is 2.06. The van der Waals surface area contributed by atoms with Gasteiger partial charge in [-0.2, -0.15) is 0 Å². The van der Waals surface area contributed by atoms with Gasteiger partial charge in [-0.25, -0.2) is 9.78 Å². The van der Waals surface area contributed by atoms with Gasteiger partial charge in [0.1, 0.15) is 0 Å². The summed E-state index contributed by atoms with van der Waals surface area (Å²) in [5.41, 5.74) is 0.499. The smallest absolute Gasteiger partial charge is 0.354 e. The van der Waals surface area contributed by atoms with Crippen molar-refractivity contribution < 1.29 is 19.7 Å². The Morgan fingerprint density at radius 3 is 3.00 bits per heavy atom. The van der Waals surface area contributed by atoms with Crippen LogP contribution in [0.5, 0.6) is 0 Å². The van der Waals surface area contributed by atoms with Crippen molar-refractivity contribution in [2.75, 3.05) is 13.2 Å². The number of rotatable bonds is 5. The molecule has 2 N–H and O–H groups in total. The Morgan fingerprint density at radius 2 is 2.36 bits per heavy atom. The maximum Gasteiger partial charge on any atom is 0.354 e. The van der Waals surface area contributed by atoms with Gasteiger partial charge >= 0.3 is 5.97 Å². The van der Waals surface area contributed by atoms with Crippen LogP contribution in [0.2, 0.25) is 0 Å². The molecule has 76 valence electrons. The van der Waals surface area contributed by atoms with Crippen LogP contribution in [0.3, 0.4) is 0 Å². The van der Waals surface area contributed by atoms with Gasteiger partial charge in [-0.1, -0.05) is 6.07 Å². The molecule has 5 heteroatoms. The van der Waals surface area contributed by atoms with E-state index in [1.54, 1.807) is 12.1 Å². The molecule has 0 unspecified atom stereocenters. The van der Waals surface area contributed by atoms with E-state index in [2.05, 4.69) is 4.98 Å². The number of nitrogens with zero attached hydrogens (tertiary/aromatic N) is 1. The molecule has 14 heavy (non-hydrogen) atoms. The zero-order chi connectivity index (χ0) is 10.4. The van der Waals surface area contributed by atoms with Gasteiger partial charge in [0.15, 0.2) is 5.69 Å². The summed E-state index contributed by atoms with van der Waals surface area (Å²) in [5, 5.41) is 17.2. The number of ether oxygens (including phenoxy) is 1. The second kappa shape index (κ2) is 5.31. The maximum absolute atomic E-state index is 10.7. The van der Waals surface area contributed by atoms with E-state index in [4.69, 9.17) is 14.9 Å². The molecule has 0 saturated carbocycles. The number of pyridine rings is 1. The highest BCUT2D eigenvalue weighted by molar-refractivity contribution is 5.86. The molecule has 1 heterocycles. The SMILES string of the molecule is O=C(O)c1ncccc1COCCO. The normalized spacial score (nSPS) is 10.1. The van der Waals surface area contributed by atoms with Crippen molar-refractivity contribution in [2.45, 2.75) is 6.61 Å². The predicted octanol–water partition coefficient (Wildman–Crippen LogP) is 0.289. The number of aliphatic hydroxyl groups is 1. The number of hydrogen-bond donors (Lipinski definition) is 2. The molecule has 0 fully saturated rings. The molecule has 0 aliphatic heterocycles. The molecule has 0 spiro atoms. The van der Waals surface area contributed by atoms with Crippen LogP contribution in [0.1, 0.15) is 16.1 Å². The standard InChI is InChI=1S/C9H11NO4/c11-4-5-14-6-7-2-1-3-10-8(7)9(12)13/h1-3,11H,4-6H2,(H,12,13). The predicted molar refractivity (Wildman–Crippen MR) is 47.9 cm³/mol. The van der Waals surface area contributed by atoms with Crippen LogP contribution in [0.15, 0.2) is 18.3 Å². The first-order valence-corrected chi connectivity index (χ1v) is 4.11. The van der Waals surface area contributed by atoms with E-state index in [1.165, 1.54) is 6.20 Å². The third-order valence-electron chi connectivity index (χ3n) is 1.59. The molecule has 1 aromatic heterocycles. The zero-order valence-corrected chi connectivity index (χ0v) is 7.51. The summed E-state index contributed by atoms with van der Waals surface area (Å²) in [6, 6.07) is 3.28. The number of aromatic carboxylic acids is 1. The minimum absolute atomic E-state index is 0.00885. The van der Waals surface area contributed by atoms with Crippen molar-refractivity contribution in [1.82, 2.24) is 4.98 Å². The molecule has 0 aliphatic rings. The second-order valence-electron chi connectivity index (χ2n) is 2.59. The third-order valence-corrected chi connectivity index (χ3v) is 1.59. The fourth-order valence-electron chi connectivity index (χ4n) is 0.994. The number of hydrogen-bond acceptors (Lipinski definition) is 4. The Bertz CT molecular complexity index is 313. The summed E-state index contributed by atoms with van der Waals surface area (Å²) in [4.78, 5) is 14.4. The molecule has 0 saturated heterocycles. The summed E-state index contributed by atoms with van der Waals surface area (Å²) < 4.78 is 5.01. The van der Waals surface area contributed by atoms with E-state index in [9.17, 15) is 4.79 Å². The Balaban J connectivity index is 2.69. The quantitative estimate of drug-likeness (QED) is 0.663. The lowest BCUT2D eigenvalue weighted by atomic mass is 10.2. The molecule has 0 aliphatic carbocycles. The number of aliphatic hydroxyl groups excluding tert-OH is 1. The summed E-state index contributed by atoms with van der Waals surface area (Å²) in [5.74, 6) is -1.08. The number of carboxylic acid groups (broad SMARTS) is 1. The summed E-state index contributed by atoms with van der Waals surface area (Å²) in [6.45, 7) is 0.257. The van der Waals surface area contributed by atoms with Gasteiger partial charge in [0.25, 0.3) is 0 Å². The lowest BCUT2D eigenvalue weighted by Gasteiger charge is -2.04. The topological polar surface area (TPSA) is 79.7 Å². The molecule has 0 atom stereocenters. The minimum Gasteiger partial charge on any atom is -0.477 e. The monoisotopic (exact) mass is 197 g/mol. The van der Waals surface area contributed by atoms with Gasteiger partial charge in [0, 0.05) is 11.8 Å². The van der Waals surface area contributed by atoms with Crippen molar-refractivity contribution in [1.29, 1.82) is 0 Å². The van der Waals surface area contributed by atoms with Crippen LogP contribution >= 0.6 is 0 Å². The van der Waals surface area contributed by atoms with Gasteiger partial charge in [0.05, 0.1) is 19.8 Å². The first-order chi connectivity index (χ1) is 6.75. The van der Waals surface area contributed by atoms with E-state index >= 15 is 0 Å². The van der Waals surface area contributed by atoms with Crippen LogP contribution < -0.4 is 0 Å². The van der Waals surface area contributed by atoms with E-state index in [0.29, 0.717) is 5.56 Å². The molecular weight excluding hydrogens is 186 g/mol. The first kappa shape index (κ1) is 10.6. The molecule has 5 nitrogen and oxygen atoms in total. The fourth-order valence-corrected chi connectivity index (χ4v) is 0.994. The number of carboxylic acids is 1. The Labute approximate surface area is 81.0 Å². The van der Waals surface area contributed by atoms with Crippen LogP contribution in [-0.4, -0.2) is 34.4 Å². The van der Waals surface area contributed by atoms with Gasteiger partial charge in [0.2, 0.25) is 0 Å². The third kappa shape index (κ3) is 2.79. The van der Waals surface area contributed by atoms with Crippen molar-refractivity contribution >= 4 is 5.97 Å². The summed E-state index contributed by atoms with van der Waals surface area (Å²) in [7, 11) is 0. The molecule has 1 rings (SSSR count). The molecule has 1 aromatic rings. The van der Waals surface area contributed by atoms with Gasteiger partial charge in [-0.3, -0.25) is 0 Å². The average Bonchev–Trinajstić information content (AvgIpc) is 2.19. The first-order valence-electron chi connectivity index (χ1n) is 4.11. The highest BCUT2D eigenvalue weighted by atomic mass is 16.5. The number of aromatic nitrogens is 1. The van der Waals surface area contributed by atoms with Gasteiger partial charge in [-0.15, -0.1) is 0 Å². The lowest BCUT2D eigenvalue weighted by molar-refractivity contribution is 0.0664. The highest BCUT2D eigenvalue weighted by Gasteiger charge is 2.10. The minimum atomic E-state index is -1.08. The lowest BCUT2D eigenvalue weighted by Crippen LogP contribution is -2.07. The Kier molecular flexibility index (Phi) is 4.03. The van der Waals surface area contributed by atoms with Gasteiger partial charge in [-0.05, 0) is 6.07 Å². The van der Waals surface area contributed by atoms with Crippen LogP contribution in [0.4, 0.5) is 0 Å². The maximum atomic E-state index is 10.7. The number of carbonyl (C=O) groups is 1. The Hall–Kier alpha value is -1.46. The van der Waals surface area contributed by atoms with Gasteiger partial charge < -0.3 is 14.9 Å². The summed E-state index contributed by atoms with van der Waals surface area (Å²) in [6.07, 6.45) is 1.42. The molecule has 0 radical (unpaired) electrons. The molecule has 0 aromatic carbocycles. The second-order valence-corrected chi connectivity index (χ2v) is 2.59. The van der Waals surface area contributed by atoms with Crippen LogP contribution in [-0.2, 0) is 11.3 Å². The summed E-state index contributed by atoms with van der Waals surface area (Å²) >= 11 is 0. The molecule has 0 bridgehead atoms. The van der Waals surface area contributed by atoms with E-state index in [-0.39, 0.29) is 25.5 Å². The van der Waals surface area contributed by atoms with Crippen molar-refractivity contribution in [2.24, 2.45) is 0 Å². The van der Waals surface area contributed by atoms with E-state index in [1.807, 2.05) is 0 Å². The van der Waals surface area contributed by atoms with Crippen molar-refractivity contribution in [3.63, 3.8) is 0 Å². The average molecular weight is 197 g/mol. The zero-order valence-electron chi connectivity index (χ0n) is 7.51. The van der Waals surface area contributed by atoms with E-state index in [0.717, 1.165) is 0 Å². The van der Waals surface area contributed by atoms with Crippen LogP contribution in [0, 0.1) is 0 Å². The van der Waals surface area contributed by atoms with E-state index < -0.39 is 5.97 Å². The Morgan fingerprint density at radius 1 is 1.57 bits per heavy atom. The molecular formula is C9H11NO4. The van der Waals surface area contributed by atoms with Crippen molar-refractivity contribution in [3.8, 4) is 0 Å². The van der Waals surface area contributed by atoms with Crippen LogP contribution in [0.25, 0.3) is 0 Å².